The van der Waals surface area contributed by atoms with Gasteiger partial charge in [0, 0.05) is 6.54 Å². The molecule has 0 saturated heterocycles. The number of phosphoric ester groups is 1. The molecule has 340 valence electrons. The first-order chi connectivity index (χ1) is 27.8. The predicted octanol–water partition coefficient (Wildman–Crippen LogP) is 12.9. The summed E-state index contributed by atoms with van der Waals surface area (Å²) >= 11 is 0. The fourth-order valence-corrected chi connectivity index (χ4v) is 8.23. The summed E-state index contributed by atoms with van der Waals surface area (Å²) in [5, 5.41) is 24.3. The van der Waals surface area contributed by atoms with Crippen molar-refractivity contribution in [2.45, 2.75) is 263 Å². The van der Waals surface area contributed by atoms with Gasteiger partial charge in [-0.3, -0.25) is 13.8 Å². The van der Waals surface area contributed by atoms with Crippen LogP contribution in [0.3, 0.4) is 0 Å². The zero-order chi connectivity index (χ0) is 41.9. The van der Waals surface area contributed by atoms with Crippen molar-refractivity contribution in [3.8, 4) is 0 Å². The lowest BCUT2D eigenvalue weighted by molar-refractivity contribution is -0.125. The molecule has 0 bridgehead atoms. The quantitative estimate of drug-likeness (QED) is 0.0231. The van der Waals surface area contributed by atoms with Crippen molar-refractivity contribution >= 4 is 13.7 Å². The van der Waals surface area contributed by atoms with Gasteiger partial charge in [-0.1, -0.05) is 212 Å². The molecule has 0 aliphatic heterocycles. The molecule has 57 heavy (non-hydrogen) atoms. The Kier molecular flexibility index (Phi) is 42.7. The van der Waals surface area contributed by atoms with Gasteiger partial charge in [-0.05, 0) is 38.5 Å². The number of phosphoric acid groups is 1. The summed E-state index contributed by atoms with van der Waals surface area (Å²) in [5.41, 5.74) is 5.38. The van der Waals surface area contributed by atoms with Crippen molar-refractivity contribution in [2.24, 2.45) is 5.73 Å². The number of hydrogen-bond acceptors (Lipinski definition) is 7. The molecule has 0 spiro atoms. The van der Waals surface area contributed by atoms with Gasteiger partial charge in [-0.15, -0.1) is 0 Å². The topological polar surface area (TPSA) is 151 Å². The van der Waals surface area contributed by atoms with E-state index in [-0.39, 0.29) is 26.2 Å². The van der Waals surface area contributed by atoms with E-state index in [0.717, 1.165) is 44.9 Å². The summed E-state index contributed by atoms with van der Waals surface area (Å²) in [4.78, 5) is 22.8. The van der Waals surface area contributed by atoms with E-state index in [1.165, 1.54) is 167 Å². The van der Waals surface area contributed by atoms with Gasteiger partial charge >= 0.3 is 7.82 Å². The molecular weight excluding hydrogens is 735 g/mol. The second-order valence-corrected chi connectivity index (χ2v) is 18.3. The number of nitrogens with two attached hydrogens (primary N) is 1. The van der Waals surface area contributed by atoms with Gasteiger partial charge < -0.3 is 26.2 Å². The predicted molar refractivity (Wildman–Crippen MR) is 241 cm³/mol. The van der Waals surface area contributed by atoms with Crippen molar-refractivity contribution in [1.29, 1.82) is 0 Å². The smallest absolute Gasteiger partial charge is 0.393 e. The zero-order valence-electron chi connectivity index (χ0n) is 37.5. The normalized spacial score (nSPS) is 14.6. The number of aliphatic hydroxyl groups is 2. The van der Waals surface area contributed by atoms with Gasteiger partial charge in [0.2, 0.25) is 5.91 Å². The van der Waals surface area contributed by atoms with Crippen molar-refractivity contribution in [3.63, 3.8) is 0 Å². The van der Waals surface area contributed by atoms with Gasteiger partial charge in [0.25, 0.3) is 0 Å². The largest absolute Gasteiger partial charge is 0.472 e. The molecule has 0 aromatic carbocycles. The lowest BCUT2D eigenvalue weighted by Crippen LogP contribution is -2.47. The molecule has 4 unspecified atom stereocenters. The minimum atomic E-state index is -4.38. The van der Waals surface area contributed by atoms with Crippen molar-refractivity contribution in [2.75, 3.05) is 19.8 Å². The van der Waals surface area contributed by atoms with E-state index in [2.05, 4.69) is 31.3 Å². The molecule has 9 nitrogen and oxygen atoms in total. The second-order valence-electron chi connectivity index (χ2n) is 16.9. The number of hydrogen-bond donors (Lipinski definition) is 5. The molecule has 0 aliphatic rings. The first kappa shape index (κ1) is 56.2. The van der Waals surface area contributed by atoms with Crippen LogP contribution in [-0.2, 0) is 18.4 Å². The molecule has 0 rings (SSSR count). The highest BCUT2D eigenvalue weighted by Gasteiger charge is 2.28. The fraction of sp³-hybridized carbons (Fsp3) is 0.936. The Balaban J connectivity index is 4.16. The Labute approximate surface area is 352 Å². The summed E-state index contributed by atoms with van der Waals surface area (Å²) in [6, 6.07) is -0.896. The minimum absolute atomic E-state index is 0.0602. The van der Waals surface area contributed by atoms with Crippen LogP contribution < -0.4 is 11.1 Å². The van der Waals surface area contributed by atoms with Crippen LogP contribution in [0.2, 0.25) is 0 Å². The van der Waals surface area contributed by atoms with Gasteiger partial charge in [0.1, 0.15) is 0 Å². The lowest BCUT2D eigenvalue weighted by atomic mass is 10.0. The van der Waals surface area contributed by atoms with E-state index in [9.17, 15) is 24.5 Å². The van der Waals surface area contributed by atoms with Crippen LogP contribution >= 0.6 is 7.82 Å². The van der Waals surface area contributed by atoms with E-state index in [1.807, 2.05) is 0 Å². The van der Waals surface area contributed by atoms with Crippen LogP contribution in [0.1, 0.15) is 245 Å². The Hall–Kier alpha value is -0.800. The van der Waals surface area contributed by atoms with E-state index < -0.39 is 32.0 Å². The molecule has 0 aromatic rings. The van der Waals surface area contributed by atoms with Gasteiger partial charge in [-0.2, -0.15) is 0 Å². The Morgan fingerprint density at radius 2 is 0.947 bits per heavy atom. The second kappa shape index (κ2) is 43.3. The van der Waals surface area contributed by atoms with Crippen molar-refractivity contribution in [1.82, 2.24) is 5.32 Å². The number of unbranched alkanes of at least 4 members (excludes halogenated alkanes) is 30. The van der Waals surface area contributed by atoms with Gasteiger partial charge in [0.15, 0.2) is 0 Å². The van der Waals surface area contributed by atoms with Crippen LogP contribution in [0, 0.1) is 0 Å². The van der Waals surface area contributed by atoms with Crippen LogP contribution in [0.4, 0.5) is 0 Å². The summed E-state index contributed by atoms with van der Waals surface area (Å²) in [7, 11) is -4.38. The number of carbonyl (C=O) groups is 1. The Morgan fingerprint density at radius 3 is 1.35 bits per heavy atom. The van der Waals surface area contributed by atoms with Crippen LogP contribution in [0.15, 0.2) is 12.2 Å². The monoisotopic (exact) mass is 831 g/mol. The third kappa shape index (κ3) is 41.7. The molecular formula is C47H95N2O7P. The molecule has 0 saturated carbocycles. The molecule has 0 aromatic heterocycles. The molecule has 1 amide bonds. The first-order valence-corrected chi connectivity index (χ1v) is 25.9. The number of amides is 1. The molecule has 0 fully saturated rings. The summed E-state index contributed by atoms with van der Waals surface area (Å²) in [6.45, 7) is 4.07. The van der Waals surface area contributed by atoms with Crippen LogP contribution in [0.5, 0.6) is 0 Å². The average molecular weight is 831 g/mol. The molecule has 0 heterocycles. The van der Waals surface area contributed by atoms with Gasteiger partial charge in [-0.25, -0.2) is 4.57 Å². The standard InChI is InChI=1S/C47H95N2O7P/c1-3-5-7-9-11-13-15-17-19-20-21-22-23-25-26-28-30-32-34-36-38-44(50)42-47(52)49-45(43-56-57(53,54)55-41-40-48)46(51)39-37-35-33-31-29-27-24-18-16-14-12-10-8-6-4-2/h23,25,44-46,50-51H,3-22,24,26-43,48H2,1-2H3,(H,49,52)(H,53,54)/b25-23-. The number of allylic oxidation sites excluding steroid dienone is 2. The average Bonchev–Trinajstić information content (AvgIpc) is 3.19. The highest BCUT2D eigenvalue weighted by Crippen LogP contribution is 2.43. The number of carbonyl (C=O) groups excluding carboxylic acids is 1. The van der Waals surface area contributed by atoms with Gasteiger partial charge in [0.05, 0.1) is 37.9 Å². The maximum Gasteiger partial charge on any atom is 0.472 e. The maximum absolute atomic E-state index is 12.9. The lowest BCUT2D eigenvalue weighted by Gasteiger charge is -2.25. The van der Waals surface area contributed by atoms with E-state index in [0.29, 0.717) is 12.8 Å². The maximum atomic E-state index is 12.9. The summed E-state index contributed by atoms with van der Waals surface area (Å²) in [5.74, 6) is -0.415. The Bertz CT molecular complexity index is 924. The summed E-state index contributed by atoms with van der Waals surface area (Å²) in [6.07, 6.45) is 45.4. The van der Waals surface area contributed by atoms with E-state index in [1.54, 1.807) is 0 Å². The Morgan fingerprint density at radius 1 is 0.579 bits per heavy atom. The molecule has 6 N–H and O–H groups in total. The third-order valence-corrected chi connectivity index (χ3v) is 12.2. The highest BCUT2D eigenvalue weighted by molar-refractivity contribution is 7.47. The first-order valence-electron chi connectivity index (χ1n) is 24.4. The van der Waals surface area contributed by atoms with Crippen LogP contribution in [0.25, 0.3) is 0 Å². The third-order valence-electron chi connectivity index (χ3n) is 11.2. The molecule has 0 radical (unpaired) electrons. The number of rotatable bonds is 46. The van der Waals surface area contributed by atoms with Crippen LogP contribution in [-0.4, -0.2) is 59.0 Å². The molecule has 4 atom stereocenters. The van der Waals surface area contributed by atoms with E-state index in [4.69, 9.17) is 14.8 Å². The molecule has 10 heteroatoms. The van der Waals surface area contributed by atoms with E-state index >= 15 is 0 Å². The molecule has 0 aliphatic carbocycles. The summed E-state index contributed by atoms with van der Waals surface area (Å²) < 4.78 is 22.2. The SMILES string of the molecule is CCCCCCCCCCCCC/C=C\CCCCCCCC(O)CC(=O)NC(COP(=O)(O)OCCN)C(O)CCCCCCCCCCCCCCCCC. The van der Waals surface area contributed by atoms with Crippen molar-refractivity contribution in [3.05, 3.63) is 12.2 Å². The zero-order valence-corrected chi connectivity index (χ0v) is 38.4. The highest BCUT2D eigenvalue weighted by atomic mass is 31.2. The fourth-order valence-electron chi connectivity index (χ4n) is 7.47. The number of nitrogens with one attached hydrogen (secondary N) is 1. The number of aliphatic hydroxyl groups excluding tert-OH is 2. The minimum Gasteiger partial charge on any atom is -0.393 e. The van der Waals surface area contributed by atoms with Crippen molar-refractivity contribution < 1.29 is 33.5 Å².